The SMILES string of the molecule is CCCN1C(=O)c2ccccc2[C@@](C)(C(=O)O)[C@@H]1c1ccc(Oc2ccccc2)cc1. The maximum Gasteiger partial charge on any atom is 0.316 e. The highest BCUT2D eigenvalue weighted by Gasteiger charge is 2.53. The second-order valence-corrected chi connectivity index (χ2v) is 7.94. The van der Waals surface area contributed by atoms with Crippen molar-refractivity contribution in [3.63, 3.8) is 0 Å². The van der Waals surface area contributed by atoms with Gasteiger partial charge in [0, 0.05) is 12.1 Å². The quantitative estimate of drug-likeness (QED) is 0.583. The van der Waals surface area contributed by atoms with Gasteiger partial charge in [-0.1, -0.05) is 55.5 Å². The molecule has 2 atom stereocenters. The van der Waals surface area contributed by atoms with Crippen LogP contribution in [0, 0.1) is 0 Å². The number of carboxylic acid groups (broad SMARTS) is 1. The van der Waals surface area contributed by atoms with Crippen LogP contribution < -0.4 is 4.74 Å². The van der Waals surface area contributed by atoms with Crippen LogP contribution in [0.1, 0.15) is 47.8 Å². The predicted molar refractivity (Wildman–Crippen MR) is 118 cm³/mol. The first-order valence-electron chi connectivity index (χ1n) is 10.4. The molecule has 0 saturated heterocycles. The Kier molecular flexibility index (Phi) is 5.51. The predicted octanol–water partition coefficient (Wildman–Crippen LogP) is 5.43. The van der Waals surface area contributed by atoms with Gasteiger partial charge in [0.25, 0.3) is 5.91 Å². The number of carboxylic acids is 1. The van der Waals surface area contributed by atoms with Crippen LogP contribution in [-0.4, -0.2) is 28.4 Å². The molecule has 0 saturated carbocycles. The Bertz CT molecular complexity index is 1090. The van der Waals surface area contributed by atoms with Gasteiger partial charge >= 0.3 is 5.97 Å². The lowest BCUT2D eigenvalue weighted by atomic mass is 9.68. The summed E-state index contributed by atoms with van der Waals surface area (Å²) in [7, 11) is 0. The topological polar surface area (TPSA) is 66.8 Å². The molecular formula is C26H25NO4. The number of fused-ring (bicyclic) bond motifs is 1. The number of hydrogen-bond donors (Lipinski definition) is 1. The molecule has 3 aromatic carbocycles. The molecule has 1 heterocycles. The molecular weight excluding hydrogens is 390 g/mol. The molecule has 31 heavy (non-hydrogen) atoms. The summed E-state index contributed by atoms with van der Waals surface area (Å²) in [6.07, 6.45) is 0.731. The molecule has 1 aliphatic rings. The van der Waals surface area contributed by atoms with E-state index in [1.54, 1.807) is 36.1 Å². The molecule has 0 bridgehead atoms. The first-order valence-corrected chi connectivity index (χ1v) is 10.4. The van der Waals surface area contributed by atoms with Gasteiger partial charge in [-0.3, -0.25) is 9.59 Å². The lowest BCUT2D eigenvalue weighted by molar-refractivity contribution is -0.146. The molecule has 5 nitrogen and oxygen atoms in total. The Morgan fingerprint density at radius 2 is 1.58 bits per heavy atom. The maximum atomic E-state index is 13.3. The van der Waals surface area contributed by atoms with Crippen molar-refractivity contribution in [1.82, 2.24) is 4.90 Å². The fraction of sp³-hybridized carbons (Fsp3) is 0.231. The molecule has 0 aromatic heterocycles. The highest BCUT2D eigenvalue weighted by Crippen LogP contribution is 2.47. The molecule has 4 rings (SSSR count). The van der Waals surface area contributed by atoms with E-state index in [-0.39, 0.29) is 5.91 Å². The number of hydrogen-bond acceptors (Lipinski definition) is 3. The summed E-state index contributed by atoms with van der Waals surface area (Å²) in [6, 6.07) is 23.2. The van der Waals surface area contributed by atoms with E-state index in [1.807, 2.05) is 61.5 Å². The van der Waals surface area contributed by atoms with Gasteiger partial charge in [0.1, 0.15) is 16.9 Å². The summed E-state index contributed by atoms with van der Waals surface area (Å²) < 4.78 is 5.87. The summed E-state index contributed by atoms with van der Waals surface area (Å²) >= 11 is 0. The fourth-order valence-electron chi connectivity index (χ4n) is 4.41. The molecule has 0 radical (unpaired) electrons. The summed E-state index contributed by atoms with van der Waals surface area (Å²) in [4.78, 5) is 27.6. The van der Waals surface area contributed by atoms with Crippen molar-refractivity contribution in [3.05, 3.63) is 95.6 Å². The number of nitrogens with zero attached hydrogens (tertiary/aromatic N) is 1. The molecule has 0 aliphatic carbocycles. The van der Waals surface area contributed by atoms with Gasteiger partial charge in [-0.25, -0.2) is 0 Å². The largest absolute Gasteiger partial charge is 0.481 e. The van der Waals surface area contributed by atoms with Crippen LogP contribution in [-0.2, 0) is 10.2 Å². The van der Waals surface area contributed by atoms with Gasteiger partial charge < -0.3 is 14.7 Å². The second-order valence-electron chi connectivity index (χ2n) is 7.94. The molecule has 3 aromatic rings. The molecule has 0 spiro atoms. The molecule has 0 fully saturated rings. The Balaban J connectivity index is 1.78. The minimum Gasteiger partial charge on any atom is -0.481 e. The van der Waals surface area contributed by atoms with E-state index < -0.39 is 17.4 Å². The molecule has 1 amide bonds. The van der Waals surface area contributed by atoms with Crippen molar-refractivity contribution < 1.29 is 19.4 Å². The van der Waals surface area contributed by atoms with Crippen LogP contribution in [0.5, 0.6) is 11.5 Å². The van der Waals surface area contributed by atoms with Crippen molar-refractivity contribution >= 4 is 11.9 Å². The van der Waals surface area contributed by atoms with Crippen molar-refractivity contribution in [2.45, 2.75) is 31.7 Å². The average Bonchev–Trinajstić information content (AvgIpc) is 2.79. The van der Waals surface area contributed by atoms with Crippen LogP contribution >= 0.6 is 0 Å². The van der Waals surface area contributed by atoms with Crippen LogP contribution in [0.3, 0.4) is 0 Å². The van der Waals surface area contributed by atoms with E-state index in [2.05, 4.69) is 0 Å². The third-order valence-corrected chi connectivity index (χ3v) is 5.92. The maximum absolute atomic E-state index is 13.3. The number of para-hydroxylation sites is 1. The Morgan fingerprint density at radius 3 is 2.23 bits per heavy atom. The molecule has 1 N–H and O–H groups in total. The van der Waals surface area contributed by atoms with E-state index in [9.17, 15) is 14.7 Å². The number of aliphatic carboxylic acids is 1. The van der Waals surface area contributed by atoms with Crippen LogP contribution in [0.15, 0.2) is 78.9 Å². The summed E-state index contributed by atoms with van der Waals surface area (Å²) in [5.74, 6) is 0.283. The van der Waals surface area contributed by atoms with Gasteiger partial charge in [0.15, 0.2) is 0 Å². The van der Waals surface area contributed by atoms with Crippen LogP contribution in [0.2, 0.25) is 0 Å². The Hall–Kier alpha value is -3.60. The lowest BCUT2D eigenvalue weighted by Crippen LogP contribution is -2.54. The molecule has 1 aliphatic heterocycles. The standard InChI is InChI=1S/C26H25NO4/c1-3-17-27-23(18-13-15-20(16-14-18)31-19-9-5-4-6-10-19)26(2,25(29)30)22-12-8-7-11-21(22)24(27)28/h4-16,23H,3,17H2,1-2H3,(H,29,30)/t23-,26+/m0/s1. The molecule has 5 heteroatoms. The minimum absolute atomic E-state index is 0.134. The minimum atomic E-state index is -1.28. The second kappa shape index (κ2) is 8.26. The first-order chi connectivity index (χ1) is 15.0. The first kappa shape index (κ1) is 20.7. The third-order valence-electron chi connectivity index (χ3n) is 5.92. The van der Waals surface area contributed by atoms with E-state index in [4.69, 9.17) is 4.74 Å². The van der Waals surface area contributed by atoms with Gasteiger partial charge in [-0.2, -0.15) is 0 Å². The monoisotopic (exact) mass is 415 g/mol. The van der Waals surface area contributed by atoms with E-state index in [1.165, 1.54) is 0 Å². The van der Waals surface area contributed by atoms with Crippen molar-refractivity contribution in [3.8, 4) is 11.5 Å². The zero-order valence-electron chi connectivity index (χ0n) is 17.6. The number of amides is 1. The lowest BCUT2D eigenvalue weighted by Gasteiger charge is -2.46. The van der Waals surface area contributed by atoms with Crippen molar-refractivity contribution in [1.29, 1.82) is 0 Å². The number of carbonyl (C=O) groups is 2. The Morgan fingerprint density at radius 1 is 0.968 bits per heavy atom. The van der Waals surface area contributed by atoms with E-state index in [0.717, 1.165) is 17.7 Å². The van der Waals surface area contributed by atoms with Gasteiger partial charge in [-0.15, -0.1) is 0 Å². The number of rotatable bonds is 6. The zero-order valence-corrected chi connectivity index (χ0v) is 17.6. The molecule has 0 unspecified atom stereocenters. The summed E-state index contributed by atoms with van der Waals surface area (Å²) in [5, 5.41) is 10.3. The van der Waals surface area contributed by atoms with Crippen LogP contribution in [0.4, 0.5) is 0 Å². The number of carbonyl (C=O) groups excluding carboxylic acids is 1. The molecule has 158 valence electrons. The number of ether oxygens (including phenoxy) is 1. The highest BCUT2D eigenvalue weighted by atomic mass is 16.5. The highest BCUT2D eigenvalue weighted by molar-refractivity contribution is 6.01. The van der Waals surface area contributed by atoms with Gasteiger partial charge in [-0.05, 0) is 54.8 Å². The van der Waals surface area contributed by atoms with Crippen LogP contribution in [0.25, 0.3) is 0 Å². The third kappa shape index (κ3) is 3.56. The average molecular weight is 415 g/mol. The normalized spacial score (nSPS) is 20.3. The fourth-order valence-corrected chi connectivity index (χ4v) is 4.41. The smallest absolute Gasteiger partial charge is 0.316 e. The van der Waals surface area contributed by atoms with Crippen molar-refractivity contribution in [2.24, 2.45) is 0 Å². The zero-order chi connectivity index (χ0) is 22.0. The number of benzene rings is 3. The van der Waals surface area contributed by atoms with Gasteiger partial charge in [0.2, 0.25) is 0 Å². The summed E-state index contributed by atoms with van der Waals surface area (Å²) in [5.41, 5.74) is 0.499. The summed E-state index contributed by atoms with van der Waals surface area (Å²) in [6.45, 7) is 4.17. The van der Waals surface area contributed by atoms with Crippen molar-refractivity contribution in [2.75, 3.05) is 6.54 Å². The van der Waals surface area contributed by atoms with Gasteiger partial charge in [0.05, 0.1) is 6.04 Å². The van der Waals surface area contributed by atoms with E-state index >= 15 is 0 Å². The van der Waals surface area contributed by atoms with E-state index in [0.29, 0.717) is 23.4 Å². The Labute approximate surface area is 181 Å².